The minimum atomic E-state index is -0.859. The molecule has 0 spiro atoms. The van der Waals surface area contributed by atoms with Gasteiger partial charge in [-0.2, -0.15) is 0 Å². The van der Waals surface area contributed by atoms with E-state index in [9.17, 15) is 9.59 Å². The number of hydrogen-bond acceptors (Lipinski definition) is 2. The minimum Gasteiger partial charge on any atom is -0.481 e. The molecule has 0 bridgehead atoms. The quantitative estimate of drug-likeness (QED) is 0.670. The Kier molecular flexibility index (Phi) is 7.60. The van der Waals surface area contributed by atoms with Gasteiger partial charge in [-0.05, 0) is 12.3 Å². The zero-order valence-corrected chi connectivity index (χ0v) is 10.5. The number of carbonyl (C=O) groups is 2. The lowest BCUT2D eigenvalue weighted by Crippen LogP contribution is -2.37. The molecule has 4 nitrogen and oxygen atoms in total. The summed E-state index contributed by atoms with van der Waals surface area (Å²) in [5, 5.41) is 11.5. The average molecular weight is 229 g/mol. The van der Waals surface area contributed by atoms with Crippen molar-refractivity contribution in [3.63, 3.8) is 0 Å². The van der Waals surface area contributed by atoms with Crippen molar-refractivity contribution in [3.05, 3.63) is 0 Å². The van der Waals surface area contributed by atoms with Crippen LogP contribution in [0.15, 0.2) is 0 Å². The third-order valence-electron chi connectivity index (χ3n) is 2.65. The largest absolute Gasteiger partial charge is 0.481 e. The van der Waals surface area contributed by atoms with Crippen LogP contribution in [0, 0.1) is 5.92 Å². The summed E-state index contributed by atoms with van der Waals surface area (Å²) >= 11 is 0. The summed E-state index contributed by atoms with van der Waals surface area (Å²) in [6.07, 6.45) is 3.06. The van der Waals surface area contributed by atoms with Crippen LogP contribution in [-0.4, -0.2) is 23.0 Å². The van der Waals surface area contributed by atoms with Gasteiger partial charge >= 0.3 is 5.97 Å². The number of carbonyl (C=O) groups excluding carboxylic acids is 1. The number of nitrogens with one attached hydrogen (secondary N) is 1. The second-order valence-electron chi connectivity index (χ2n) is 4.37. The van der Waals surface area contributed by atoms with E-state index in [0.717, 1.165) is 19.3 Å². The summed E-state index contributed by atoms with van der Waals surface area (Å²) in [6, 6.07) is -0.223. The Morgan fingerprint density at radius 3 is 2.31 bits per heavy atom. The van der Waals surface area contributed by atoms with Gasteiger partial charge in [-0.3, -0.25) is 9.59 Å². The molecule has 0 saturated heterocycles. The summed E-state index contributed by atoms with van der Waals surface area (Å²) in [5.74, 6) is -0.538. The van der Waals surface area contributed by atoms with Gasteiger partial charge in [0.25, 0.3) is 0 Å². The summed E-state index contributed by atoms with van der Waals surface area (Å²) < 4.78 is 0. The van der Waals surface area contributed by atoms with Crippen LogP contribution in [-0.2, 0) is 9.59 Å². The van der Waals surface area contributed by atoms with E-state index in [1.54, 1.807) is 0 Å². The monoisotopic (exact) mass is 229 g/mol. The number of amides is 1. The number of aliphatic carboxylic acids is 1. The summed E-state index contributed by atoms with van der Waals surface area (Å²) in [4.78, 5) is 22.2. The van der Waals surface area contributed by atoms with Gasteiger partial charge in [0.15, 0.2) is 0 Å². The summed E-state index contributed by atoms with van der Waals surface area (Å²) in [5.41, 5.74) is 0. The first kappa shape index (κ1) is 14.9. The van der Waals surface area contributed by atoms with E-state index in [2.05, 4.69) is 5.32 Å². The minimum absolute atomic E-state index is 0.0140. The van der Waals surface area contributed by atoms with Crippen molar-refractivity contribution in [3.8, 4) is 0 Å². The first-order valence-electron chi connectivity index (χ1n) is 6.00. The molecule has 2 atom stereocenters. The molecule has 2 unspecified atom stereocenters. The van der Waals surface area contributed by atoms with E-state index in [4.69, 9.17) is 5.11 Å². The van der Waals surface area contributed by atoms with Crippen LogP contribution in [0.3, 0.4) is 0 Å². The highest BCUT2D eigenvalue weighted by molar-refractivity contribution is 5.77. The Morgan fingerprint density at radius 1 is 1.25 bits per heavy atom. The molecule has 0 heterocycles. The van der Waals surface area contributed by atoms with Gasteiger partial charge in [0, 0.05) is 12.5 Å². The third kappa shape index (κ3) is 7.26. The molecule has 94 valence electrons. The molecule has 0 aromatic rings. The van der Waals surface area contributed by atoms with E-state index in [1.807, 2.05) is 20.8 Å². The highest BCUT2D eigenvalue weighted by Crippen LogP contribution is 2.08. The number of hydrogen-bond donors (Lipinski definition) is 2. The molecular formula is C12H23NO3. The second-order valence-corrected chi connectivity index (χ2v) is 4.37. The Balaban J connectivity index is 4.06. The Labute approximate surface area is 97.4 Å². The predicted molar refractivity (Wildman–Crippen MR) is 63.2 cm³/mol. The SMILES string of the molecule is CCCC(CC(=O)O)NC(=O)CC(C)CC. The van der Waals surface area contributed by atoms with Crippen molar-refractivity contribution in [2.45, 2.75) is 58.9 Å². The van der Waals surface area contributed by atoms with Crippen LogP contribution < -0.4 is 5.32 Å². The molecular weight excluding hydrogens is 206 g/mol. The lowest BCUT2D eigenvalue weighted by Gasteiger charge is -2.17. The third-order valence-corrected chi connectivity index (χ3v) is 2.65. The smallest absolute Gasteiger partial charge is 0.305 e. The average Bonchev–Trinajstić information content (AvgIpc) is 2.16. The molecule has 16 heavy (non-hydrogen) atoms. The zero-order chi connectivity index (χ0) is 12.6. The van der Waals surface area contributed by atoms with Crippen molar-refractivity contribution in [1.82, 2.24) is 5.32 Å². The lowest BCUT2D eigenvalue weighted by molar-refractivity contribution is -0.137. The van der Waals surface area contributed by atoms with Crippen LogP contribution in [0.25, 0.3) is 0 Å². The molecule has 4 heteroatoms. The van der Waals surface area contributed by atoms with E-state index in [1.165, 1.54) is 0 Å². The molecule has 0 fully saturated rings. The van der Waals surface area contributed by atoms with Gasteiger partial charge in [-0.1, -0.05) is 33.6 Å². The predicted octanol–water partition coefficient (Wildman–Crippen LogP) is 2.18. The first-order chi connectivity index (χ1) is 7.49. The van der Waals surface area contributed by atoms with Crippen molar-refractivity contribution in [2.75, 3.05) is 0 Å². The summed E-state index contributed by atoms with van der Waals surface area (Å²) in [6.45, 7) is 6.04. The first-order valence-corrected chi connectivity index (χ1v) is 6.00. The Hall–Kier alpha value is -1.06. The Morgan fingerprint density at radius 2 is 1.88 bits per heavy atom. The van der Waals surface area contributed by atoms with E-state index >= 15 is 0 Å². The van der Waals surface area contributed by atoms with Crippen molar-refractivity contribution < 1.29 is 14.7 Å². The fourth-order valence-electron chi connectivity index (χ4n) is 1.53. The normalized spacial score (nSPS) is 14.2. The molecule has 0 saturated carbocycles. The molecule has 0 aromatic heterocycles. The van der Waals surface area contributed by atoms with Crippen LogP contribution in [0.2, 0.25) is 0 Å². The molecule has 0 rings (SSSR count). The fraction of sp³-hybridized carbons (Fsp3) is 0.833. The molecule has 0 aliphatic rings. The van der Waals surface area contributed by atoms with Gasteiger partial charge in [-0.15, -0.1) is 0 Å². The van der Waals surface area contributed by atoms with E-state index < -0.39 is 5.97 Å². The van der Waals surface area contributed by atoms with E-state index in [-0.39, 0.29) is 18.4 Å². The molecule has 0 aromatic carbocycles. The number of carboxylic acids is 1. The molecule has 0 aliphatic heterocycles. The molecule has 0 aliphatic carbocycles. The van der Waals surface area contributed by atoms with E-state index in [0.29, 0.717) is 12.3 Å². The van der Waals surface area contributed by atoms with Crippen LogP contribution in [0.4, 0.5) is 0 Å². The lowest BCUT2D eigenvalue weighted by atomic mass is 10.0. The second kappa shape index (κ2) is 8.13. The van der Waals surface area contributed by atoms with Gasteiger partial charge in [-0.25, -0.2) is 0 Å². The van der Waals surface area contributed by atoms with Gasteiger partial charge < -0.3 is 10.4 Å². The van der Waals surface area contributed by atoms with Crippen molar-refractivity contribution in [1.29, 1.82) is 0 Å². The summed E-state index contributed by atoms with van der Waals surface area (Å²) in [7, 11) is 0. The highest BCUT2D eigenvalue weighted by atomic mass is 16.4. The molecule has 2 N–H and O–H groups in total. The molecule has 1 amide bonds. The maximum absolute atomic E-state index is 11.6. The van der Waals surface area contributed by atoms with Gasteiger partial charge in [0.2, 0.25) is 5.91 Å². The van der Waals surface area contributed by atoms with Crippen LogP contribution in [0.5, 0.6) is 0 Å². The highest BCUT2D eigenvalue weighted by Gasteiger charge is 2.16. The van der Waals surface area contributed by atoms with Crippen molar-refractivity contribution >= 4 is 11.9 Å². The zero-order valence-electron chi connectivity index (χ0n) is 10.5. The number of rotatable bonds is 8. The Bertz CT molecular complexity index is 228. The molecule has 0 radical (unpaired) electrons. The van der Waals surface area contributed by atoms with Gasteiger partial charge in [0.05, 0.1) is 6.42 Å². The van der Waals surface area contributed by atoms with Gasteiger partial charge in [0.1, 0.15) is 0 Å². The standard InChI is InChI=1S/C12H23NO3/c1-4-6-10(8-12(15)16)13-11(14)7-9(3)5-2/h9-10H,4-8H2,1-3H3,(H,13,14)(H,15,16). The topological polar surface area (TPSA) is 66.4 Å². The van der Waals surface area contributed by atoms with Crippen LogP contribution >= 0.6 is 0 Å². The van der Waals surface area contributed by atoms with Crippen LogP contribution in [0.1, 0.15) is 52.9 Å². The number of carboxylic acid groups (broad SMARTS) is 1. The maximum atomic E-state index is 11.6. The maximum Gasteiger partial charge on any atom is 0.305 e. The van der Waals surface area contributed by atoms with Crippen molar-refractivity contribution in [2.24, 2.45) is 5.92 Å². The fourth-order valence-corrected chi connectivity index (χ4v) is 1.53.